The molecule has 8 heteroatoms. The van der Waals surface area contributed by atoms with E-state index >= 15 is 0 Å². The lowest BCUT2D eigenvalue weighted by Crippen LogP contribution is -2.48. The van der Waals surface area contributed by atoms with Crippen molar-refractivity contribution in [3.8, 4) is 12.3 Å². The summed E-state index contributed by atoms with van der Waals surface area (Å²) in [6.07, 6.45) is 0.542. The number of hydrogen-bond acceptors (Lipinski definition) is 6. The van der Waals surface area contributed by atoms with E-state index in [9.17, 15) is 24.9 Å². The van der Waals surface area contributed by atoms with Gasteiger partial charge in [0.2, 0.25) is 0 Å². The second kappa shape index (κ2) is 4.64. The van der Waals surface area contributed by atoms with Gasteiger partial charge in [-0.1, -0.05) is 5.92 Å². The van der Waals surface area contributed by atoms with Crippen LogP contribution < -0.4 is 11.2 Å². The van der Waals surface area contributed by atoms with Crippen LogP contribution in [0.25, 0.3) is 0 Å². The van der Waals surface area contributed by atoms with Crippen LogP contribution in [0.1, 0.15) is 8.97 Å². The lowest BCUT2D eigenvalue weighted by atomic mass is 9.95. The molecular formula is C11H12N2O6. The highest BCUT2D eigenvalue weighted by Gasteiger charge is 2.55. The van der Waals surface area contributed by atoms with Gasteiger partial charge in [-0.3, -0.25) is 14.3 Å². The minimum atomic E-state index is -3.01. The van der Waals surface area contributed by atoms with Crippen LogP contribution in [0.3, 0.4) is 0 Å². The Kier molecular flexibility index (Phi) is 2.67. The van der Waals surface area contributed by atoms with Crippen molar-refractivity contribution in [2.75, 3.05) is 6.56 Å². The van der Waals surface area contributed by atoms with Crippen LogP contribution in [-0.2, 0) is 4.74 Å². The van der Waals surface area contributed by atoms with Gasteiger partial charge in [0.15, 0.2) is 11.8 Å². The first-order valence-corrected chi connectivity index (χ1v) is 5.19. The van der Waals surface area contributed by atoms with Gasteiger partial charge >= 0.3 is 5.69 Å². The first-order chi connectivity index (χ1) is 9.61. The third-order valence-electron chi connectivity index (χ3n) is 2.85. The monoisotopic (exact) mass is 270 g/mol. The molecule has 4 atom stereocenters. The molecule has 19 heavy (non-hydrogen) atoms. The average molecular weight is 270 g/mol. The fourth-order valence-corrected chi connectivity index (χ4v) is 1.84. The van der Waals surface area contributed by atoms with E-state index in [0.717, 1.165) is 12.3 Å². The van der Waals surface area contributed by atoms with E-state index in [2.05, 4.69) is 0 Å². The SMILES string of the molecule is [2H]C([2H])(O)[C@H]1O[C@@H](n2ccc(=O)[nH]c2=O)C(O)(C#C)[C@H]1O. The number of aromatic amines is 1. The molecule has 4 N–H and O–H groups in total. The number of terminal acetylenes is 1. The average Bonchev–Trinajstić information content (AvgIpc) is 2.63. The van der Waals surface area contributed by atoms with Crippen molar-refractivity contribution in [3.63, 3.8) is 0 Å². The topological polar surface area (TPSA) is 125 Å². The summed E-state index contributed by atoms with van der Waals surface area (Å²) in [5.74, 6) is 1.83. The van der Waals surface area contributed by atoms with Crippen LogP contribution in [0.5, 0.6) is 0 Å². The summed E-state index contributed by atoms with van der Waals surface area (Å²) in [5.41, 5.74) is -4.15. The lowest BCUT2D eigenvalue weighted by molar-refractivity contribution is -0.0764. The molecule has 1 unspecified atom stereocenters. The fraction of sp³-hybridized carbons (Fsp3) is 0.455. The number of nitrogens with zero attached hydrogens (tertiary/aromatic N) is 1. The third-order valence-corrected chi connectivity index (χ3v) is 2.85. The third kappa shape index (κ3) is 1.98. The zero-order chi connectivity index (χ0) is 16.0. The zero-order valence-corrected chi connectivity index (χ0v) is 9.48. The Bertz CT molecular complexity index is 702. The standard InChI is InChI=1S/C11H12N2O6/c1-2-11(18)8(16)6(5-14)19-9(11)13-4-3-7(15)12-10(13)17/h1,3-4,6,8-9,14,16,18H,5H2,(H,12,15,17)/t6-,8+,9-,11?/m1/s1/i5D2. The van der Waals surface area contributed by atoms with E-state index in [4.69, 9.17) is 13.9 Å². The molecule has 0 spiro atoms. The Labute approximate surface area is 109 Å². The molecule has 1 fully saturated rings. The molecule has 0 bridgehead atoms. The van der Waals surface area contributed by atoms with Crippen molar-refractivity contribution in [1.29, 1.82) is 0 Å². The number of nitrogens with one attached hydrogen (secondary N) is 1. The Morgan fingerprint density at radius 1 is 1.68 bits per heavy atom. The van der Waals surface area contributed by atoms with Gasteiger partial charge in [0, 0.05) is 12.3 Å². The van der Waals surface area contributed by atoms with E-state index in [1.54, 1.807) is 0 Å². The molecule has 1 aromatic rings. The molecule has 0 amide bonds. The van der Waals surface area contributed by atoms with Crippen molar-refractivity contribution in [2.45, 2.75) is 24.0 Å². The predicted molar refractivity (Wildman–Crippen MR) is 62.1 cm³/mol. The molecule has 1 aliphatic rings. The molecule has 1 aliphatic heterocycles. The van der Waals surface area contributed by atoms with Crippen LogP contribution in [0.2, 0.25) is 0 Å². The summed E-state index contributed by atoms with van der Waals surface area (Å²) in [7, 11) is 0. The second-order valence-electron chi connectivity index (χ2n) is 3.97. The van der Waals surface area contributed by atoms with Crippen LogP contribution in [0, 0.1) is 12.3 Å². The zero-order valence-electron chi connectivity index (χ0n) is 11.5. The van der Waals surface area contributed by atoms with Crippen LogP contribution in [0.4, 0.5) is 0 Å². The summed E-state index contributed by atoms with van der Waals surface area (Å²) in [6.45, 7) is -3.01. The molecule has 2 heterocycles. The lowest BCUT2D eigenvalue weighted by Gasteiger charge is -2.26. The van der Waals surface area contributed by atoms with Crippen LogP contribution in [0.15, 0.2) is 21.9 Å². The summed E-state index contributed by atoms with van der Waals surface area (Å²) in [5, 5.41) is 29.5. The molecule has 8 nitrogen and oxygen atoms in total. The predicted octanol–water partition coefficient (Wildman–Crippen LogP) is -2.85. The van der Waals surface area contributed by atoms with Gasteiger partial charge in [-0.2, -0.15) is 0 Å². The van der Waals surface area contributed by atoms with E-state index in [-0.39, 0.29) is 0 Å². The molecule has 1 aromatic heterocycles. The number of ether oxygens (including phenoxy) is 1. The fourth-order valence-electron chi connectivity index (χ4n) is 1.84. The normalized spacial score (nSPS) is 36.4. The maximum absolute atomic E-state index is 11.7. The quantitative estimate of drug-likeness (QED) is 0.429. The molecule has 0 aromatic carbocycles. The van der Waals surface area contributed by atoms with E-state index in [1.165, 1.54) is 0 Å². The summed E-state index contributed by atoms with van der Waals surface area (Å²) in [4.78, 5) is 24.6. The van der Waals surface area contributed by atoms with E-state index in [1.807, 2.05) is 10.9 Å². The van der Waals surface area contributed by atoms with E-state index < -0.39 is 41.8 Å². The van der Waals surface area contributed by atoms with Gasteiger partial charge in [0.25, 0.3) is 5.56 Å². The summed E-state index contributed by atoms with van der Waals surface area (Å²) >= 11 is 0. The van der Waals surface area contributed by atoms with Crippen molar-refractivity contribution < 1.29 is 22.8 Å². The largest absolute Gasteiger partial charge is 0.394 e. The first kappa shape index (κ1) is 11.0. The van der Waals surface area contributed by atoms with Gasteiger partial charge < -0.3 is 20.1 Å². The molecule has 102 valence electrons. The Morgan fingerprint density at radius 2 is 2.37 bits per heavy atom. The van der Waals surface area contributed by atoms with Gasteiger partial charge in [-0.05, 0) is 0 Å². The highest BCUT2D eigenvalue weighted by Crippen LogP contribution is 2.36. The van der Waals surface area contributed by atoms with Crippen molar-refractivity contribution in [3.05, 3.63) is 33.1 Å². The Balaban J connectivity index is 2.55. The Hall–Kier alpha value is -1.92. The number of rotatable bonds is 2. The highest BCUT2D eigenvalue weighted by molar-refractivity contribution is 5.19. The van der Waals surface area contributed by atoms with Gasteiger partial charge in [-0.25, -0.2) is 4.79 Å². The maximum Gasteiger partial charge on any atom is 0.330 e. The first-order valence-electron chi connectivity index (χ1n) is 6.19. The smallest absolute Gasteiger partial charge is 0.330 e. The van der Waals surface area contributed by atoms with Gasteiger partial charge in [-0.15, -0.1) is 6.42 Å². The van der Waals surface area contributed by atoms with Gasteiger partial charge in [0.1, 0.15) is 12.2 Å². The van der Waals surface area contributed by atoms with Crippen molar-refractivity contribution in [2.24, 2.45) is 0 Å². The van der Waals surface area contributed by atoms with Crippen molar-refractivity contribution >= 4 is 0 Å². The molecule has 0 radical (unpaired) electrons. The maximum atomic E-state index is 11.7. The number of hydrogen-bond donors (Lipinski definition) is 4. The molecule has 0 saturated carbocycles. The van der Waals surface area contributed by atoms with Crippen LogP contribution >= 0.6 is 0 Å². The molecule has 0 aliphatic carbocycles. The molecule has 2 rings (SSSR count). The minimum absolute atomic E-state index is 0.691. The summed E-state index contributed by atoms with van der Waals surface area (Å²) < 4.78 is 20.0. The van der Waals surface area contributed by atoms with Gasteiger partial charge in [0.05, 0.1) is 9.30 Å². The second-order valence-corrected chi connectivity index (χ2v) is 3.97. The summed E-state index contributed by atoms with van der Waals surface area (Å²) in [6, 6.07) is 0.953. The van der Waals surface area contributed by atoms with Crippen LogP contribution in [-0.4, -0.2) is 49.2 Å². The number of aliphatic hydroxyl groups is 3. The number of aliphatic hydroxyl groups excluding tert-OH is 1. The highest BCUT2D eigenvalue weighted by atomic mass is 16.6. The molecular weight excluding hydrogens is 256 g/mol. The van der Waals surface area contributed by atoms with Crippen molar-refractivity contribution in [1.82, 2.24) is 9.55 Å². The number of H-pyrrole nitrogens is 1. The molecule has 1 saturated heterocycles. The number of aromatic nitrogens is 2. The Morgan fingerprint density at radius 3 is 2.89 bits per heavy atom. The minimum Gasteiger partial charge on any atom is -0.394 e. The van der Waals surface area contributed by atoms with E-state index in [0.29, 0.717) is 4.57 Å².